The van der Waals surface area contributed by atoms with Crippen LogP contribution >= 0.6 is 0 Å². The van der Waals surface area contributed by atoms with Gasteiger partial charge in [-0.25, -0.2) is 4.68 Å². The fraction of sp³-hybridized carbons (Fsp3) is 0.526. The molecule has 1 unspecified atom stereocenters. The maximum Gasteiger partial charge on any atom is 0.119 e. The average molecular weight is 329 g/mol. The lowest BCUT2D eigenvalue weighted by Gasteiger charge is -2.26. The van der Waals surface area contributed by atoms with Gasteiger partial charge in [-0.1, -0.05) is 6.92 Å². The Balaban J connectivity index is 1.82. The third kappa shape index (κ3) is 4.16. The van der Waals surface area contributed by atoms with Gasteiger partial charge in [0, 0.05) is 32.1 Å². The minimum atomic E-state index is 0.371. The second-order valence-electron chi connectivity index (χ2n) is 6.32. The molecule has 1 aromatic carbocycles. The van der Waals surface area contributed by atoms with Crippen LogP contribution in [0.4, 0.5) is 0 Å². The summed E-state index contributed by atoms with van der Waals surface area (Å²) in [5.41, 5.74) is 2.33. The van der Waals surface area contributed by atoms with Crippen molar-refractivity contribution in [1.82, 2.24) is 14.7 Å². The van der Waals surface area contributed by atoms with Crippen molar-refractivity contribution < 1.29 is 9.47 Å². The van der Waals surface area contributed by atoms with Gasteiger partial charge in [-0.3, -0.25) is 4.90 Å². The Hall–Kier alpha value is -1.85. The maximum atomic E-state index is 5.83. The van der Waals surface area contributed by atoms with E-state index in [0.29, 0.717) is 6.10 Å². The maximum absolute atomic E-state index is 5.83. The lowest BCUT2D eigenvalue weighted by atomic mass is 10.1. The van der Waals surface area contributed by atoms with Gasteiger partial charge in [0.2, 0.25) is 0 Å². The van der Waals surface area contributed by atoms with Crippen LogP contribution in [-0.2, 0) is 11.3 Å². The molecule has 5 heteroatoms. The number of benzene rings is 1. The van der Waals surface area contributed by atoms with Gasteiger partial charge in [-0.2, -0.15) is 5.10 Å². The first-order valence-corrected chi connectivity index (χ1v) is 8.81. The smallest absolute Gasteiger partial charge is 0.119 e. The van der Waals surface area contributed by atoms with Crippen molar-refractivity contribution in [3.05, 3.63) is 42.2 Å². The Morgan fingerprint density at radius 2 is 2.33 bits per heavy atom. The zero-order chi connectivity index (χ0) is 16.8. The molecule has 3 rings (SSSR count). The van der Waals surface area contributed by atoms with Gasteiger partial charge in [0.25, 0.3) is 0 Å². The van der Waals surface area contributed by atoms with Crippen LogP contribution in [0.5, 0.6) is 5.75 Å². The molecule has 0 saturated carbocycles. The summed E-state index contributed by atoms with van der Waals surface area (Å²) in [7, 11) is 1.71. The highest BCUT2D eigenvalue weighted by Crippen LogP contribution is 2.23. The van der Waals surface area contributed by atoms with E-state index in [9.17, 15) is 0 Å². The first-order valence-electron chi connectivity index (χ1n) is 8.81. The van der Waals surface area contributed by atoms with Crippen LogP contribution in [-0.4, -0.2) is 47.6 Å². The molecule has 0 spiro atoms. The van der Waals surface area contributed by atoms with Crippen molar-refractivity contribution in [2.24, 2.45) is 0 Å². The predicted molar refractivity (Wildman–Crippen MR) is 94.7 cm³/mol. The molecular weight excluding hydrogens is 302 g/mol. The zero-order valence-electron chi connectivity index (χ0n) is 14.6. The molecule has 1 aromatic heterocycles. The van der Waals surface area contributed by atoms with Crippen LogP contribution in [0.15, 0.2) is 36.7 Å². The Morgan fingerprint density at radius 1 is 1.42 bits per heavy atom. The number of rotatable bonds is 8. The minimum absolute atomic E-state index is 0.371. The summed E-state index contributed by atoms with van der Waals surface area (Å²) in [5.74, 6) is 0.884. The van der Waals surface area contributed by atoms with Crippen LogP contribution < -0.4 is 4.74 Å². The van der Waals surface area contributed by atoms with E-state index in [1.165, 1.54) is 18.4 Å². The van der Waals surface area contributed by atoms with Crippen LogP contribution in [0.1, 0.15) is 31.7 Å². The Labute approximate surface area is 144 Å². The van der Waals surface area contributed by atoms with E-state index in [2.05, 4.69) is 29.1 Å². The summed E-state index contributed by atoms with van der Waals surface area (Å²) < 4.78 is 13.2. The topological polar surface area (TPSA) is 39.5 Å². The van der Waals surface area contributed by atoms with E-state index in [1.807, 2.05) is 29.2 Å². The third-order valence-electron chi connectivity index (χ3n) is 4.46. The highest BCUT2D eigenvalue weighted by Gasteiger charge is 2.20. The molecule has 1 aliphatic heterocycles. The Kier molecular flexibility index (Phi) is 5.88. The molecule has 1 atom stereocenters. The largest absolute Gasteiger partial charge is 0.497 e. The molecule has 0 N–H and O–H groups in total. The highest BCUT2D eigenvalue weighted by molar-refractivity contribution is 5.45. The fourth-order valence-corrected chi connectivity index (χ4v) is 3.32. The lowest BCUT2D eigenvalue weighted by molar-refractivity contribution is 0.0706. The molecule has 130 valence electrons. The van der Waals surface area contributed by atoms with E-state index in [-0.39, 0.29) is 0 Å². The van der Waals surface area contributed by atoms with Gasteiger partial charge in [0.1, 0.15) is 5.75 Å². The van der Waals surface area contributed by atoms with E-state index in [0.717, 1.165) is 44.1 Å². The number of aromatic nitrogens is 2. The first-order chi connectivity index (χ1) is 11.8. The normalized spacial score (nSPS) is 17.5. The minimum Gasteiger partial charge on any atom is -0.497 e. The molecule has 24 heavy (non-hydrogen) atoms. The molecule has 5 nitrogen and oxygen atoms in total. The van der Waals surface area contributed by atoms with E-state index < -0.39 is 0 Å². The molecular formula is C19H27N3O2. The van der Waals surface area contributed by atoms with E-state index >= 15 is 0 Å². The summed E-state index contributed by atoms with van der Waals surface area (Å²) >= 11 is 0. The summed E-state index contributed by atoms with van der Waals surface area (Å²) in [6, 6.07) is 8.14. The SMILES string of the molecule is CCCN(Cc1cc(OC)ccc1-n1cccn1)CC1CCCO1. The molecule has 0 radical (unpaired) electrons. The van der Waals surface area contributed by atoms with Crippen LogP contribution in [0.3, 0.4) is 0 Å². The second kappa shape index (κ2) is 8.31. The molecule has 1 aliphatic rings. The Bertz CT molecular complexity index is 622. The lowest BCUT2D eigenvalue weighted by Crippen LogP contribution is -2.32. The number of methoxy groups -OCH3 is 1. The predicted octanol–water partition coefficient (Wildman–Crippen LogP) is 3.27. The summed E-state index contributed by atoms with van der Waals surface area (Å²) in [4.78, 5) is 2.48. The second-order valence-corrected chi connectivity index (χ2v) is 6.32. The van der Waals surface area contributed by atoms with Crippen LogP contribution in [0, 0.1) is 0 Å². The fourth-order valence-electron chi connectivity index (χ4n) is 3.32. The number of ether oxygens (including phenoxy) is 2. The van der Waals surface area contributed by atoms with Crippen molar-refractivity contribution in [3.63, 3.8) is 0 Å². The molecule has 1 saturated heterocycles. The summed E-state index contributed by atoms with van der Waals surface area (Å²) in [6.45, 7) is 6.06. The molecule has 0 amide bonds. The summed E-state index contributed by atoms with van der Waals surface area (Å²) in [6.07, 6.45) is 7.65. The van der Waals surface area contributed by atoms with Crippen molar-refractivity contribution in [2.75, 3.05) is 26.8 Å². The van der Waals surface area contributed by atoms with Crippen molar-refractivity contribution in [3.8, 4) is 11.4 Å². The van der Waals surface area contributed by atoms with Gasteiger partial charge in [-0.15, -0.1) is 0 Å². The highest BCUT2D eigenvalue weighted by atomic mass is 16.5. The molecule has 1 fully saturated rings. The zero-order valence-corrected chi connectivity index (χ0v) is 14.6. The number of hydrogen-bond donors (Lipinski definition) is 0. The van der Waals surface area contributed by atoms with Gasteiger partial charge in [-0.05, 0) is 55.6 Å². The van der Waals surface area contributed by atoms with E-state index in [1.54, 1.807) is 7.11 Å². The molecule has 0 bridgehead atoms. The van der Waals surface area contributed by atoms with Crippen LogP contribution in [0.2, 0.25) is 0 Å². The van der Waals surface area contributed by atoms with Crippen molar-refractivity contribution in [1.29, 1.82) is 0 Å². The molecule has 2 aromatic rings. The van der Waals surface area contributed by atoms with E-state index in [4.69, 9.17) is 9.47 Å². The van der Waals surface area contributed by atoms with Gasteiger partial charge in [0.15, 0.2) is 0 Å². The van der Waals surface area contributed by atoms with Gasteiger partial charge in [0.05, 0.1) is 18.9 Å². The summed E-state index contributed by atoms with van der Waals surface area (Å²) in [5, 5.41) is 4.39. The third-order valence-corrected chi connectivity index (χ3v) is 4.46. The van der Waals surface area contributed by atoms with Crippen molar-refractivity contribution in [2.45, 2.75) is 38.8 Å². The quantitative estimate of drug-likeness (QED) is 0.745. The van der Waals surface area contributed by atoms with Crippen LogP contribution in [0.25, 0.3) is 5.69 Å². The monoisotopic (exact) mass is 329 g/mol. The number of nitrogens with zero attached hydrogens (tertiary/aromatic N) is 3. The first kappa shape index (κ1) is 17.0. The standard InChI is InChI=1S/C19H27N3O2/c1-3-10-21(15-18-6-4-12-24-18)14-16-13-17(23-2)7-8-19(16)22-11-5-9-20-22/h5,7-9,11,13,18H,3-4,6,10,12,14-15H2,1-2H3. The molecule has 0 aliphatic carbocycles. The van der Waals surface area contributed by atoms with Crippen molar-refractivity contribution >= 4 is 0 Å². The Morgan fingerprint density at radius 3 is 3.00 bits per heavy atom. The molecule has 2 heterocycles. The van der Waals surface area contributed by atoms with Gasteiger partial charge >= 0.3 is 0 Å². The number of hydrogen-bond acceptors (Lipinski definition) is 4. The van der Waals surface area contributed by atoms with Gasteiger partial charge < -0.3 is 9.47 Å². The average Bonchev–Trinajstić information content (AvgIpc) is 3.28.